The molecular weight excluding hydrogens is 388 g/mol. The Hall–Kier alpha value is -2.51. The van der Waals surface area contributed by atoms with Crippen LogP contribution in [0.2, 0.25) is 0 Å². The zero-order valence-corrected chi connectivity index (χ0v) is 17.9. The van der Waals surface area contributed by atoms with Gasteiger partial charge in [0.2, 0.25) is 15.9 Å². The van der Waals surface area contributed by atoms with E-state index in [4.69, 9.17) is 0 Å². The van der Waals surface area contributed by atoms with E-state index in [-0.39, 0.29) is 42.0 Å². The lowest BCUT2D eigenvalue weighted by Crippen LogP contribution is -2.30. The molecular formula is C22H28N2O4S. The summed E-state index contributed by atoms with van der Waals surface area (Å²) in [5.41, 5.74) is 2.43. The Morgan fingerprint density at radius 2 is 1.66 bits per heavy atom. The zero-order valence-electron chi connectivity index (χ0n) is 17.1. The van der Waals surface area contributed by atoms with Crippen molar-refractivity contribution >= 4 is 21.7 Å². The van der Waals surface area contributed by atoms with Crippen molar-refractivity contribution in [2.45, 2.75) is 57.5 Å². The molecule has 0 spiro atoms. The van der Waals surface area contributed by atoms with Crippen LogP contribution in [0.15, 0.2) is 53.4 Å². The third kappa shape index (κ3) is 7.11. The van der Waals surface area contributed by atoms with Crippen molar-refractivity contribution < 1.29 is 18.0 Å². The van der Waals surface area contributed by atoms with E-state index in [1.54, 1.807) is 38.1 Å². The quantitative estimate of drug-likeness (QED) is 0.582. The molecule has 0 radical (unpaired) electrons. The van der Waals surface area contributed by atoms with Crippen LogP contribution in [-0.4, -0.2) is 26.2 Å². The number of aryl methyl sites for hydroxylation is 1. The highest BCUT2D eigenvalue weighted by molar-refractivity contribution is 7.89. The largest absolute Gasteiger partial charge is 0.352 e. The second kappa shape index (κ2) is 10.3. The van der Waals surface area contributed by atoms with Gasteiger partial charge in [-0.05, 0) is 43.5 Å². The summed E-state index contributed by atoms with van der Waals surface area (Å²) in [6.07, 6.45) is 1.12. The first-order valence-electron chi connectivity index (χ1n) is 9.71. The standard InChI is InChI=1S/C22H28N2O4S/c1-4-17-8-10-19(11-9-17)21(25)12-13-22(26)23-15-18-6-5-7-20(14-18)29(27,28)24-16(2)3/h5-11,14,16,24H,4,12-13,15H2,1-3H3,(H,23,26). The molecule has 1 amide bonds. The molecule has 2 aromatic carbocycles. The minimum absolute atomic E-state index is 0.0735. The highest BCUT2D eigenvalue weighted by Gasteiger charge is 2.16. The van der Waals surface area contributed by atoms with Crippen LogP contribution in [-0.2, 0) is 27.8 Å². The van der Waals surface area contributed by atoms with Crippen molar-refractivity contribution in [3.05, 3.63) is 65.2 Å². The number of benzene rings is 2. The van der Waals surface area contributed by atoms with E-state index in [9.17, 15) is 18.0 Å². The van der Waals surface area contributed by atoms with Crippen LogP contribution < -0.4 is 10.0 Å². The Morgan fingerprint density at radius 1 is 0.966 bits per heavy atom. The van der Waals surface area contributed by atoms with Crippen LogP contribution in [0.1, 0.15) is 55.1 Å². The molecule has 2 N–H and O–H groups in total. The first-order chi connectivity index (χ1) is 13.7. The maximum atomic E-state index is 12.2. The number of ketones is 1. The SMILES string of the molecule is CCc1ccc(C(=O)CCC(=O)NCc2cccc(S(=O)(=O)NC(C)C)c2)cc1. The summed E-state index contributed by atoms with van der Waals surface area (Å²) in [7, 11) is -3.59. The van der Waals surface area contributed by atoms with Crippen molar-refractivity contribution in [3.8, 4) is 0 Å². The van der Waals surface area contributed by atoms with E-state index in [1.165, 1.54) is 12.1 Å². The van der Waals surface area contributed by atoms with Gasteiger partial charge in [-0.1, -0.05) is 43.3 Å². The van der Waals surface area contributed by atoms with Gasteiger partial charge in [-0.25, -0.2) is 13.1 Å². The minimum Gasteiger partial charge on any atom is -0.352 e. The van der Waals surface area contributed by atoms with Gasteiger partial charge in [0.25, 0.3) is 0 Å². The van der Waals surface area contributed by atoms with Crippen molar-refractivity contribution in [1.82, 2.24) is 10.0 Å². The predicted molar refractivity (Wildman–Crippen MR) is 113 cm³/mol. The highest BCUT2D eigenvalue weighted by Crippen LogP contribution is 2.13. The normalized spacial score (nSPS) is 11.4. The Balaban J connectivity index is 1.87. The molecule has 29 heavy (non-hydrogen) atoms. The fourth-order valence-electron chi connectivity index (χ4n) is 2.79. The molecule has 0 unspecified atom stereocenters. The molecule has 0 heterocycles. The van der Waals surface area contributed by atoms with Crippen molar-refractivity contribution in [2.75, 3.05) is 0 Å². The summed E-state index contributed by atoms with van der Waals surface area (Å²) in [5, 5.41) is 2.74. The van der Waals surface area contributed by atoms with E-state index in [0.29, 0.717) is 11.1 Å². The molecule has 2 aromatic rings. The van der Waals surface area contributed by atoms with Crippen LogP contribution in [0, 0.1) is 0 Å². The number of hydrogen-bond acceptors (Lipinski definition) is 4. The number of amides is 1. The fourth-order valence-corrected chi connectivity index (χ4v) is 4.11. The summed E-state index contributed by atoms with van der Waals surface area (Å²) < 4.78 is 27.0. The number of rotatable bonds is 10. The molecule has 0 aliphatic rings. The van der Waals surface area contributed by atoms with Gasteiger partial charge < -0.3 is 5.32 Å². The smallest absolute Gasteiger partial charge is 0.240 e. The highest BCUT2D eigenvalue weighted by atomic mass is 32.2. The van der Waals surface area contributed by atoms with Gasteiger partial charge in [-0.15, -0.1) is 0 Å². The lowest BCUT2D eigenvalue weighted by Gasteiger charge is -2.11. The fraction of sp³-hybridized carbons (Fsp3) is 0.364. The number of carbonyl (C=O) groups is 2. The van der Waals surface area contributed by atoms with Gasteiger partial charge in [0.05, 0.1) is 4.90 Å². The topological polar surface area (TPSA) is 92.3 Å². The number of sulfonamides is 1. The minimum atomic E-state index is -3.59. The summed E-state index contributed by atoms with van der Waals surface area (Å²) in [5.74, 6) is -0.326. The third-order valence-electron chi connectivity index (χ3n) is 4.35. The monoisotopic (exact) mass is 416 g/mol. The van der Waals surface area contributed by atoms with Gasteiger partial charge in [0, 0.05) is 31.0 Å². The lowest BCUT2D eigenvalue weighted by molar-refractivity contribution is -0.121. The van der Waals surface area contributed by atoms with E-state index >= 15 is 0 Å². The molecule has 0 saturated carbocycles. The molecule has 2 rings (SSSR count). The predicted octanol–water partition coefficient (Wildman–Crippen LogP) is 3.22. The Labute approximate surface area is 172 Å². The lowest BCUT2D eigenvalue weighted by atomic mass is 10.0. The van der Waals surface area contributed by atoms with Gasteiger partial charge in [0.15, 0.2) is 5.78 Å². The average Bonchev–Trinajstić information content (AvgIpc) is 2.70. The molecule has 0 aromatic heterocycles. The van der Waals surface area contributed by atoms with Gasteiger partial charge in [0.1, 0.15) is 0 Å². The maximum absolute atomic E-state index is 12.2. The van der Waals surface area contributed by atoms with Crippen LogP contribution in [0.3, 0.4) is 0 Å². The zero-order chi connectivity index (χ0) is 21.4. The van der Waals surface area contributed by atoms with Gasteiger partial charge >= 0.3 is 0 Å². The summed E-state index contributed by atoms with van der Waals surface area (Å²) >= 11 is 0. The molecule has 0 saturated heterocycles. The summed E-state index contributed by atoms with van der Waals surface area (Å²) in [6.45, 7) is 5.75. The summed E-state index contributed by atoms with van der Waals surface area (Å²) in [6, 6.07) is 13.6. The van der Waals surface area contributed by atoms with Crippen molar-refractivity contribution in [3.63, 3.8) is 0 Å². The van der Waals surface area contributed by atoms with E-state index in [2.05, 4.69) is 10.0 Å². The number of nitrogens with one attached hydrogen (secondary N) is 2. The molecule has 0 aliphatic carbocycles. The first-order valence-corrected chi connectivity index (χ1v) is 11.2. The van der Waals surface area contributed by atoms with Crippen LogP contribution in [0.25, 0.3) is 0 Å². The van der Waals surface area contributed by atoms with Crippen LogP contribution in [0.4, 0.5) is 0 Å². The Kier molecular flexibility index (Phi) is 8.10. The molecule has 7 heteroatoms. The van der Waals surface area contributed by atoms with Crippen LogP contribution in [0.5, 0.6) is 0 Å². The van der Waals surface area contributed by atoms with Crippen molar-refractivity contribution in [2.24, 2.45) is 0 Å². The molecule has 156 valence electrons. The molecule has 0 fully saturated rings. The van der Waals surface area contributed by atoms with E-state index in [0.717, 1.165) is 12.0 Å². The first kappa shape index (κ1) is 22.8. The number of hydrogen-bond donors (Lipinski definition) is 2. The molecule has 0 aliphatic heterocycles. The van der Waals surface area contributed by atoms with Gasteiger partial charge in [-0.2, -0.15) is 0 Å². The molecule has 0 atom stereocenters. The van der Waals surface area contributed by atoms with Crippen molar-refractivity contribution in [1.29, 1.82) is 0 Å². The van der Waals surface area contributed by atoms with E-state index < -0.39 is 10.0 Å². The number of Topliss-reactive ketones (excluding diaryl/α,β-unsaturated/α-hetero) is 1. The second-order valence-electron chi connectivity index (χ2n) is 7.17. The maximum Gasteiger partial charge on any atom is 0.240 e. The van der Waals surface area contributed by atoms with Gasteiger partial charge in [-0.3, -0.25) is 9.59 Å². The summed E-state index contributed by atoms with van der Waals surface area (Å²) in [4.78, 5) is 24.5. The number of carbonyl (C=O) groups excluding carboxylic acids is 2. The Bertz CT molecular complexity index is 951. The molecule has 6 nitrogen and oxygen atoms in total. The Morgan fingerprint density at radius 3 is 2.28 bits per heavy atom. The molecule has 0 bridgehead atoms. The van der Waals surface area contributed by atoms with Crippen LogP contribution >= 0.6 is 0 Å². The average molecular weight is 417 g/mol. The van der Waals surface area contributed by atoms with E-state index in [1.807, 2.05) is 19.1 Å². The second-order valence-corrected chi connectivity index (χ2v) is 8.89. The third-order valence-corrected chi connectivity index (χ3v) is 6.01.